The van der Waals surface area contributed by atoms with Crippen molar-refractivity contribution in [1.29, 1.82) is 0 Å². The number of halogens is 1. The van der Waals surface area contributed by atoms with Gasteiger partial charge in [0.25, 0.3) is 0 Å². The lowest BCUT2D eigenvalue weighted by molar-refractivity contribution is -0.127. The number of rotatable bonds is 7. The minimum absolute atomic E-state index is 0. The average molecular weight is 542 g/mol. The topological polar surface area (TPSA) is 60.0 Å². The van der Waals surface area contributed by atoms with Gasteiger partial charge in [0.2, 0.25) is 5.91 Å². The van der Waals surface area contributed by atoms with Gasteiger partial charge in [0, 0.05) is 39.8 Å². The van der Waals surface area contributed by atoms with E-state index in [4.69, 9.17) is 4.99 Å². The van der Waals surface area contributed by atoms with Gasteiger partial charge in [-0.05, 0) is 40.8 Å². The molecule has 0 unspecified atom stereocenters. The first-order valence-electron chi connectivity index (χ1n) is 10.1. The lowest BCUT2D eigenvalue weighted by Crippen LogP contribution is -2.50. The number of likely N-dealkylation sites (tertiary alicyclic amines) is 1. The van der Waals surface area contributed by atoms with Crippen molar-refractivity contribution in [1.82, 2.24) is 20.4 Å². The highest BCUT2D eigenvalue weighted by atomic mass is 127. The summed E-state index contributed by atoms with van der Waals surface area (Å²) in [6, 6.07) is 13.1. The third-order valence-corrected chi connectivity index (χ3v) is 5.82. The Morgan fingerprint density at radius 1 is 1.17 bits per heavy atom. The number of piperidine rings is 1. The van der Waals surface area contributed by atoms with Crippen LogP contribution in [0.4, 0.5) is 0 Å². The van der Waals surface area contributed by atoms with Crippen LogP contribution in [0.1, 0.15) is 24.0 Å². The quantitative estimate of drug-likeness (QED) is 0.321. The Bertz CT molecular complexity index is 774. The number of hydrogen-bond acceptors (Lipinski definition) is 4. The Morgan fingerprint density at radius 2 is 1.90 bits per heavy atom. The van der Waals surface area contributed by atoms with Gasteiger partial charge in [0.1, 0.15) is 0 Å². The summed E-state index contributed by atoms with van der Waals surface area (Å²) in [5.74, 6) is 0.751. The summed E-state index contributed by atoms with van der Waals surface area (Å²) in [5.41, 5.74) is 2.55. The maximum Gasteiger partial charge on any atom is 0.241 e. The van der Waals surface area contributed by atoms with Gasteiger partial charge in [0.05, 0.1) is 13.1 Å². The number of amides is 1. The molecule has 0 bridgehead atoms. The van der Waals surface area contributed by atoms with Gasteiger partial charge in [-0.3, -0.25) is 9.69 Å². The van der Waals surface area contributed by atoms with Crippen LogP contribution in [-0.4, -0.2) is 61.4 Å². The molecule has 1 aliphatic rings. The van der Waals surface area contributed by atoms with Crippen molar-refractivity contribution in [3.8, 4) is 0 Å². The van der Waals surface area contributed by atoms with Gasteiger partial charge in [-0.1, -0.05) is 30.3 Å². The zero-order valence-corrected chi connectivity index (χ0v) is 20.9. The molecule has 1 amide bonds. The molecule has 2 heterocycles. The van der Waals surface area contributed by atoms with Crippen LogP contribution in [0.25, 0.3) is 0 Å². The largest absolute Gasteiger partial charge is 0.354 e. The summed E-state index contributed by atoms with van der Waals surface area (Å²) in [5, 5.41) is 10.9. The number of nitrogens with one attached hydrogen (secondary N) is 2. The van der Waals surface area contributed by atoms with Crippen LogP contribution < -0.4 is 10.6 Å². The van der Waals surface area contributed by atoms with E-state index in [1.54, 1.807) is 30.3 Å². The number of thiophene rings is 1. The molecule has 0 radical (unpaired) electrons. The van der Waals surface area contributed by atoms with E-state index in [0.29, 0.717) is 18.5 Å². The minimum Gasteiger partial charge on any atom is -0.354 e. The second kappa shape index (κ2) is 12.9. The van der Waals surface area contributed by atoms with Crippen molar-refractivity contribution in [2.45, 2.75) is 32.0 Å². The number of hydrogen-bond donors (Lipinski definition) is 2. The number of carbonyl (C=O) groups excluding carboxylic acids is 1. The van der Waals surface area contributed by atoms with Crippen LogP contribution in [0.15, 0.2) is 52.2 Å². The number of carbonyl (C=O) groups is 1. The van der Waals surface area contributed by atoms with Crippen LogP contribution in [-0.2, 0) is 17.9 Å². The number of likely N-dealkylation sites (N-methyl/N-ethyl adjacent to an activating group) is 1. The van der Waals surface area contributed by atoms with Crippen LogP contribution in [0.2, 0.25) is 0 Å². The maximum absolute atomic E-state index is 12.0. The second-order valence-electron chi connectivity index (χ2n) is 7.62. The molecule has 3 rings (SSSR count). The van der Waals surface area contributed by atoms with Gasteiger partial charge in [0.15, 0.2) is 5.96 Å². The fourth-order valence-electron chi connectivity index (χ4n) is 3.29. The number of aliphatic imine (C=N–C) groups is 1. The molecule has 8 heteroatoms. The molecule has 0 spiro atoms. The first-order valence-corrected chi connectivity index (χ1v) is 11.1. The van der Waals surface area contributed by atoms with Crippen molar-refractivity contribution in [2.24, 2.45) is 4.99 Å². The lowest BCUT2D eigenvalue weighted by Gasteiger charge is -2.33. The maximum atomic E-state index is 12.0. The van der Waals surface area contributed by atoms with Crippen LogP contribution in [0.5, 0.6) is 0 Å². The zero-order valence-electron chi connectivity index (χ0n) is 17.7. The second-order valence-corrected chi connectivity index (χ2v) is 8.40. The molecule has 0 atom stereocenters. The number of benzene rings is 1. The number of guanidine groups is 1. The Hall–Kier alpha value is -1.65. The molecule has 0 saturated carbocycles. The summed E-state index contributed by atoms with van der Waals surface area (Å²) in [4.78, 5) is 20.7. The monoisotopic (exact) mass is 541 g/mol. The normalized spacial score (nSPS) is 15.3. The summed E-state index contributed by atoms with van der Waals surface area (Å²) < 4.78 is 0. The molecule has 1 aromatic carbocycles. The van der Waals surface area contributed by atoms with E-state index in [2.05, 4.69) is 62.7 Å². The smallest absolute Gasteiger partial charge is 0.241 e. The summed E-state index contributed by atoms with van der Waals surface area (Å²) in [6.07, 6.45) is 2.13. The molecule has 2 aromatic rings. The minimum atomic E-state index is 0. The predicted molar refractivity (Wildman–Crippen MR) is 135 cm³/mol. The molecule has 0 aliphatic carbocycles. The van der Waals surface area contributed by atoms with Crippen molar-refractivity contribution in [3.05, 3.63) is 58.3 Å². The van der Waals surface area contributed by atoms with Crippen molar-refractivity contribution in [2.75, 3.05) is 33.7 Å². The zero-order chi connectivity index (χ0) is 20.5. The molecule has 6 nitrogen and oxygen atoms in total. The van der Waals surface area contributed by atoms with Crippen molar-refractivity contribution < 1.29 is 4.79 Å². The predicted octanol–water partition coefficient (Wildman–Crippen LogP) is 3.15. The first-order chi connectivity index (χ1) is 14.1. The third-order valence-electron chi connectivity index (χ3n) is 5.08. The van der Waals surface area contributed by atoms with Gasteiger partial charge in [-0.15, -0.1) is 24.0 Å². The fourth-order valence-corrected chi connectivity index (χ4v) is 3.95. The van der Waals surface area contributed by atoms with E-state index < -0.39 is 0 Å². The summed E-state index contributed by atoms with van der Waals surface area (Å²) in [7, 11) is 3.53. The highest BCUT2D eigenvalue weighted by molar-refractivity contribution is 14.0. The van der Waals surface area contributed by atoms with Crippen molar-refractivity contribution in [3.63, 3.8) is 0 Å². The van der Waals surface area contributed by atoms with Gasteiger partial charge in [-0.2, -0.15) is 11.3 Å². The molecule has 1 aliphatic heterocycles. The van der Waals surface area contributed by atoms with E-state index >= 15 is 0 Å². The standard InChI is InChI=1S/C22H31N5OS.HI/c1-26(2)21(28)15-24-22(23-14-19-10-13-29-17-19)25-20-8-11-27(12-9-20)16-18-6-4-3-5-7-18;/h3-7,10,13,17,20H,8-9,11-12,14-16H2,1-2H3,(H2,23,24,25);1H. The Labute approximate surface area is 200 Å². The Morgan fingerprint density at radius 3 is 2.53 bits per heavy atom. The molecule has 30 heavy (non-hydrogen) atoms. The molecular weight excluding hydrogens is 509 g/mol. The Balaban J connectivity index is 0.00000320. The number of nitrogens with zero attached hydrogens (tertiary/aromatic N) is 3. The molecule has 1 aromatic heterocycles. The molecule has 2 N–H and O–H groups in total. The molecule has 164 valence electrons. The SMILES string of the molecule is CN(C)C(=O)CNC(=NCc1ccsc1)NC1CCN(Cc2ccccc2)CC1.I. The van der Waals surface area contributed by atoms with E-state index in [1.807, 2.05) is 0 Å². The lowest BCUT2D eigenvalue weighted by atomic mass is 10.0. The summed E-state index contributed by atoms with van der Waals surface area (Å²) >= 11 is 1.67. The average Bonchev–Trinajstić information content (AvgIpc) is 3.25. The fraction of sp³-hybridized carbons (Fsp3) is 0.455. The van der Waals surface area contributed by atoms with Gasteiger partial charge in [-0.25, -0.2) is 4.99 Å². The van der Waals surface area contributed by atoms with Gasteiger partial charge >= 0.3 is 0 Å². The molecule has 1 saturated heterocycles. The third kappa shape index (κ3) is 8.23. The highest BCUT2D eigenvalue weighted by Gasteiger charge is 2.20. The summed E-state index contributed by atoms with van der Waals surface area (Å²) in [6.45, 7) is 3.97. The van der Waals surface area contributed by atoms with Crippen molar-refractivity contribution >= 4 is 47.2 Å². The van der Waals surface area contributed by atoms with Gasteiger partial charge < -0.3 is 15.5 Å². The van der Waals surface area contributed by atoms with Crippen LogP contribution >= 0.6 is 35.3 Å². The molecular formula is C22H32IN5OS. The molecule has 1 fully saturated rings. The first kappa shape index (κ1) is 24.6. The highest BCUT2D eigenvalue weighted by Crippen LogP contribution is 2.14. The Kier molecular flexibility index (Phi) is 10.6. The van der Waals surface area contributed by atoms with Crippen LogP contribution in [0.3, 0.4) is 0 Å². The van der Waals surface area contributed by atoms with Crippen LogP contribution in [0, 0.1) is 0 Å². The van der Waals surface area contributed by atoms with E-state index in [1.165, 1.54) is 11.1 Å². The van der Waals surface area contributed by atoms with E-state index in [0.717, 1.165) is 32.5 Å². The van der Waals surface area contributed by atoms with E-state index in [-0.39, 0.29) is 36.4 Å². The van der Waals surface area contributed by atoms with E-state index in [9.17, 15) is 4.79 Å².